The Labute approximate surface area is 116 Å². The molecule has 1 aromatic carbocycles. The third-order valence-corrected chi connectivity index (χ3v) is 4.08. The van der Waals surface area contributed by atoms with Crippen molar-refractivity contribution in [2.75, 3.05) is 26.0 Å². The number of hydrogen-bond acceptors (Lipinski definition) is 4. The number of nitrogens with one attached hydrogen (secondary N) is 1. The van der Waals surface area contributed by atoms with Crippen LogP contribution in [-0.4, -0.2) is 28.7 Å². The second kappa shape index (κ2) is 6.51. The minimum absolute atomic E-state index is 0.0423. The van der Waals surface area contributed by atoms with Crippen molar-refractivity contribution in [3.63, 3.8) is 0 Å². The lowest BCUT2D eigenvalue weighted by Crippen LogP contribution is -2.30. The molecule has 5 nitrogen and oxygen atoms in total. The molecule has 19 heavy (non-hydrogen) atoms. The zero-order valence-electron chi connectivity index (χ0n) is 10.6. The summed E-state index contributed by atoms with van der Waals surface area (Å²) in [5.41, 5.74) is 5.55. The first-order chi connectivity index (χ1) is 8.77. The number of nitrogens with two attached hydrogens (primary N) is 1. The molecule has 8 heteroatoms. The van der Waals surface area contributed by atoms with Crippen molar-refractivity contribution in [2.45, 2.75) is 11.8 Å². The number of sulfonamides is 1. The van der Waals surface area contributed by atoms with Gasteiger partial charge in [-0.2, -0.15) is 0 Å². The third kappa shape index (κ3) is 4.31. The van der Waals surface area contributed by atoms with Gasteiger partial charge in [0.2, 0.25) is 10.0 Å². The van der Waals surface area contributed by atoms with Crippen molar-refractivity contribution in [2.24, 2.45) is 5.92 Å². The van der Waals surface area contributed by atoms with Crippen molar-refractivity contribution in [1.82, 2.24) is 4.72 Å². The van der Waals surface area contributed by atoms with Crippen LogP contribution in [0.25, 0.3) is 0 Å². The summed E-state index contributed by atoms with van der Waals surface area (Å²) in [6.07, 6.45) is 0. The Hall–Kier alpha value is -0.890. The summed E-state index contributed by atoms with van der Waals surface area (Å²) in [7, 11) is -2.48. The molecule has 3 N–H and O–H groups in total. The highest BCUT2D eigenvalue weighted by molar-refractivity contribution is 7.89. The highest BCUT2D eigenvalue weighted by Crippen LogP contribution is 2.25. The number of halogens is 2. The first kappa shape index (κ1) is 16.2. The number of methoxy groups -OCH3 is 1. The van der Waals surface area contributed by atoms with Gasteiger partial charge in [-0.15, -0.1) is 0 Å². The van der Waals surface area contributed by atoms with Gasteiger partial charge in [0.25, 0.3) is 0 Å². The molecule has 108 valence electrons. The summed E-state index contributed by atoms with van der Waals surface area (Å²) < 4.78 is 44.8. The van der Waals surface area contributed by atoms with Crippen molar-refractivity contribution >= 4 is 27.3 Å². The zero-order valence-corrected chi connectivity index (χ0v) is 12.2. The smallest absolute Gasteiger partial charge is 0.243 e. The molecule has 1 rings (SSSR count). The zero-order chi connectivity index (χ0) is 14.6. The van der Waals surface area contributed by atoms with Crippen LogP contribution in [-0.2, 0) is 14.8 Å². The largest absolute Gasteiger partial charge is 0.399 e. The van der Waals surface area contributed by atoms with E-state index in [0.717, 1.165) is 12.1 Å². The van der Waals surface area contributed by atoms with Crippen LogP contribution in [0.3, 0.4) is 0 Å². The number of nitrogen functional groups attached to an aromatic ring is 1. The van der Waals surface area contributed by atoms with E-state index in [9.17, 15) is 12.8 Å². The molecule has 1 aromatic rings. The quantitative estimate of drug-likeness (QED) is 0.782. The molecule has 0 heterocycles. The minimum Gasteiger partial charge on any atom is -0.399 e. The molecule has 1 atom stereocenters. The monoisotopic (exact) mass is 310 g/mol. The standard InChI is InChI=1S/C11H16ClFN2O3S/c1-7(6-18-2)5-15-19(16,17)10-4-8(14)3-9(12)11(10)13/h3-4,7,15H,5-6,14H2,1-2H3. The van der Waals surface area contributed by atoms with Gasteiger partial charge in [-0.25, -0.2) is 17.5 Å². The Balaban J connectivity index is 2.95. The molecule has 0 aliphatic rings. The first-order valence-corrected chi connectivity index (χ1v) is 7.37. The molecule has 0 bridgehead atoms. The van der Waals surface area contributed by atoms with Crippen molar-refractivity contribution < 1.29 is 17.5 Å². The maximum atomic E-state index is 13.7. The number of anilines is 1. The fourth-order valence-corrected chi connectivity index (χ4v) is 3.03. The lowest BCUT2D eigenvalue weighted by molar-refractivity contribution is 0.161. The van der Waals surface area contributed by atoms with Gasteiger partial charge in [0.1, 0.15) is 4.90 Å². The SMILES string of the molecule is COCC(C)CNS(=O)(=O)c1cc(N)cc(Cl)c1F. The van der Waals surface area contributed by atoms with E-state index >= 15 is 0 Å². The Bertz CT molecular complexity index is 551. The van der Waals surface area contributed by atoms with E-state index in [1.54, 1.807) is 6.92 Å². The molecule has 0 saturated carbocycles. The van der Waals surface area contributed by atoms with Gasteiger partial charge in [0, 0.05) is 25.9 Å². The summed E-state index contributed by atoms with van der Waals surface area (Å²) >= 11 is 5.57. The molecule has 0 spiro atoms. The van der Waals surface area contributed by atoms with Crippen molar-refractivity contribution in [3.8, 4) is 0 Å². The van der Waals surface area contributed by atoms with Crippen LogP contribution in [0.2, 0.25) is 5.02 Å². The lowest BCUT2D eigenvalue weighted by Gasteiger charge is -2.13. The van der Waals surface area contributed by atoms with E-state index < -0.39 is 20.7 Å². The third-order valence-electron chi connectivity index (χ3n) is 2.38. The maximum Gasteiger partial charge on any atom is 0.243 e. The van der Waals surface area contributed by atoms with Crippen LogP contribution in [0, 0.1) is 11.7 Å². The number of ether oxygens (including phenoxy) is 1. The molecular weight excluding hydrogens is 295 g/mol. The van der Waals surface area contributed by atoms with Crippen LogP contribution in [0.15, 0.2) is 17.0 Å². The highest BCUT2D eigenvalue weighted by Gasteiger charge is 2.22. The van der Waals surface area contributed by atoms with E-state index in [0.29, 0.717) is 6.61 Å². The van der Waals surface area contributed by atoms with Crippen LogP contribution in [0.5, 0.6) is 0 Å². The minimum atomic E-state index is -3.99. The Morgan fingerprint density at radius 2 is 2.16 bits per heavy atom. The molecule has 0 aliphatic heterocycles. The molecule has 0 saturated heterocycles. The second-order valence-electron chi connectivity index (χ2n) is 4.23. The molecule has 0 radical (unpaired) electrons. The van der Waals surface area contributed by atoms with Gasteiger partial charge >= 0.3 is 0 Å². The fraction of sp³-hybridized carbons (Fsp3) is 0.455. The van der Waals surface area contributed by atoms with Gasteiger partial charge in [0.05, 0.1) is 5.02 Å². The van der Waals surface area contributed by atoms with Crippen LogP contribution in [0.4, 0.5) is 10.1 Å². The lowest BCUT2D eigenvalue weighted by atomic mass is 10.2. The Morgan fingerprint density at radius 3 is 2.74 bits per heavy atom. The van der Waals surface area contributed by atoms with E-state index in [1.807, 2.05) is 0 Å². The molecule has 0 aliphatic carbocycles. The average molecular weight is 311 g/mol. The highest BCUT2D eigenvalue weighted by atomic mass is 35.5. The second-order valence-corrected chi connectivity index (χ2v) is 6.37. The van der Waals surface area contributed by atoms with Gasteiger partial charge < -0.3 is 10.5 Å². The topological polar surface area (TPSA) is 81.4 Å². The van der Waals surface area contributed by atoms with Crippen molar-refractivity contribution in [1.29, 1.82) is 0 Å². The summed E-state index contributed by atoms with van der Waals surface area (Å²) in [6.45, 7) is 2.32. The number of hydrogen-bond donors (Lipinski definition) is 2. The van der Waals surface area contributed by atoms with Gasteiger partial charge in [-0.1, -0.05) is 18.5 Å². The van der Waals surface area contributed by atoms with E-state index in [4.69, 9.17) is 22.1 Å². The van der Waals surface area contributed by atoms with Gasteiger partial charge in [-0.05, 0) is 18.1 Å². The van der Waals surface area contributed by atoms with Crippen LogP contribution >= 0.6 is 11.6 Å². The predicted octanol–water partition coefficient (Wildman–Crippen LogP) is 1.62. The van der Waals surface area contributed by atoms with Crippen LogP contribution < -0.4 is 10.5 Å². The normalized spacial score (nSPS) is 13.5. The Morgan fingerprint density at radius 1 is 1.53 bits per heavy atom. The molecule has 0 fully saturated rings. The molecule has 0 aromatic heterocycles. The summed E-state index contributed by atoms with van der Waals surface area (Å²) in [4.78, 5) is -0.554. The number of benzene rings is 1. The summed E-state index contributed by atoms with van der Waals surface area (Å²) in [6, 6.07) is 2.19. The van der Waals surface area contributed by atoms with E-state index in [-0.39, 0.29) is 23.2 Å². The molecular formula is C11H16ClFN2O3S. The average Bonchev–Trinajstić information content (AvgIpc) is 2.31. The Kier molecular flexibility index (Phi) is 5.54. The van der Waals surface area contributed by atoms with E-state index in [1.165, 1.54) is 7.11 Å². The van der Waals surface area contributed by atoms with Crippen LogP contribution in [0.1, 0.15) is 6.92 Å². The molecule has 0 amide bonds. The van der Waals surface area contributed by atoms with Gasteiger partial charge in [-0.3, -0.25) is 0 Å². The predicted molar refractivity (Wildman–Crippen MR) is 72.1 cm³/mol. The van der Waals surface area contributed by atoms with Gasteiger partial charge in [0.15, 0.2) is 5.82 Å². The fourth-order valence-electron chi connectivity index (χ4n) is 1.45. The first-order valence-electron chi connectivity index (χ1n) is 5.51. The maximum absolute atomic E-state index is 13.7. The number of rotatable bonds is 6. The summed E-state index contributed by atoms with van der Waals surface area (Å²) in [5, 5.41) is -0.328. The van der Waals surface area contributed by atoms with Crippen molar-refractivity contribution in [3.05, 3.63) is 23.0 Å². The molecule has 1 unspecified atom stereocenters. The summed E-state index contributed by atoms with van der Waals surface area (Å²) in [5.74, 6) is -1.05. The van der Waals surface area contributed by atoms with E-state index in [2.05, 4.69) is 4.72 Å².